The molecular weight excluding hydrogens is 206 g/mol. The molecule has 0 heterocycles. The number of carboxylic acid groups (broad SMARTS) is 1. The van der Waals surface area contributed by atoms with Crippen LogP contribution in [0.2, 0.25) is 0 Å². The smallest absolute Gasteiger partial charge is 0.326 e. The van der Waals surface area contributed by atoms with Gasteiger partial charge in [0.2, 0.25) is 5.91 Å². The van der Waals surface area contributed by atoms with Gasteiger partial charge in [0, 0.05) is 6.42 Å². The van der Waals surface area contributed by atoms with E-state index in [2.05, 4.69) is 5.32 Å². The second kappa shape index (κ2) is 6.30. The second-order valence-electron chi connectivity index (χ2n) is 4.25. The molecule has 0 aromatic rings. The predicted octanol–water partition coefficient (Wildman–Crippen LogP) is 1.71. The van der Waals surface area contributed by atoms with Gasteiger partial charge in [-0.2, -0.15) is 0 Å². The number of hydrogen-bond acceptors (Lipinski definition) is 2. The lowest BCUT2D eigenvalue weighted by Crippen LogP contribution is -2.40. The van der Waals surface area contributed by atoms with Gasteiger partial charge in [-0.3, -0.25) is 4.79 Å². The Hall–Kier alpha value is -1.32. The van der Waals surface area contributed by atoms with Gasteiger partial charge in [-0.15, -0.1) is 0 Å². The molecule has 1 aliphatic carbocycles. The molecule has 0 bridgehead atoms. The van der Waals surface area contributed by atoms with Crippen LogP contribution in [-0.4, -0.2) is 23.0 Å². The zero-order valence-electron chi connectivity index (χ0n) is 9.61. The highest BCUT2D eigenvalue weighted by Gasteiger charge is 2.23. The lowest BCUT2D eigenvalue weighted by molar-refractivity contribution is -0.141. The number of carbonyl (C=O) groups excluding carboxylic acids is 1. The summed E-state index contributed by atoms with van der Waals surface area (Å²) in [6, 6.07) is -0.789. The molecule has 1 atom stereocenters. The molecule has 16 heavy (non-hydrogen) atoms. The molecule has 1 amide bonds. The van der Waals surface area contributed by atoms with Crippen LogP contribution in [0.5, 0.6) is 0 Å². The Morgan fingerprint density at radius 3 is 2.69 bits per heavy atom. The summed E-state index contributed by atoms with van der Waals surface area (Å²) in [5.74, 6) is -0.425. The van der Waals surface area contributed by atoms with Crippen LogP contribution < -0.4 is 5.32 Å². The first-order chi connectivity index (χ1) is 7.63. The van der Waals surface area contributed by atoms with E-state index in [1.165, 1.54) is 12.8 Å². The summed E-state index contributed by atoms with van der Waals surface area (Å²) < 4.78 is 0. The Balaban J connectivity index is 2.27. The maximum Gasteiger partial charge on any atom is 0.326 e. The number of allylic oxidation sites excluding steroid dienone is 1. The number of rotatable bonds is 7. The van der Waals surface area contributed by atoms with E-state index in [9.17, 15) is 9.59 Å². The van der Waals surface area contributed by atoms with Crippen molar-refractivity contribution in [2.75, 3.05) is 0 Å². The minimum Gasteiger partial charge on any atom is -0.480 e. The Morgan fingerprint density at radius 2 is 2.19 bits per heavy atom. The lowest BCUT2D eigenvalue weighted by atomic mass is 10.1. The number of nitrogens with one attached hydrogen (secondary N) is 1. The molecule has 1 fully saturated rings. The van der Waals surface area contributed by atoms with E-state index < -0.39 is 12.0 Å². The van der Waals surface area contributed by atoms with Gasteiger partial charge < -0.3 is 10.4 Å². The maximum atomic E-state index is 11.5. The van der Waals surface area contributed by atoms with Crippen LogP contribution >= 0.6 is 0 Å². The standard InChI is InChI=1S/C12H19NO3/c1-2-3-4-10(12(15)16)13-11(14)8-7-9-5-6-9/h2-3,9-10H,4-8H2,1H3,(H,13,14)(H,15,16)/b3-2+. The third kappa shape index (κ3) is 4.96. The normalized spacial score (nSPS) is 17.3. The van der Waals surface area contributed by atoms with Gasteiger partial charge in [0.25, 0.3) is 0 Å². The molecule has 1 unspecified atom stereocenters. The summed E-state index contributed by atoms with van der Waals surface area (Å²) in [5, 5.41) is 11.4. The molecule has 0 saturated heterocycles. The lowest BCUT2D eigenvalue weighted by Gasteiger charge is -2.12. The van der Waals surface area contributed by atoms with Gasteiger partial charge in [0.1, 0.15) is 6.04 Å². The highest BCUT2D eigenvalue weighted by molar-refractivity contribution is 5.83. The van der Waals surface area contributed by atoms with Gasteiger partial charge in [0.15, 0.2) is 0 Å². The van der Waals surface area contributed by atoms with E-state index in [1.807, 2.05) is 6.92 Å². The van der Waals surface area contributed by atoms with Crippen LogP contribution in [-0.2, 0) is 9.59 Å². The molecule has 0 aliphatic heterocycles. The third-order valence-corrected chi connectivity index (χ3v) is 2.72. The van der Waals surface area contributed by atoms with Crippen molar-refractivity contribution in [3.63, 3.8) is 0 Å². The van der Waals surface area contributed by atoms with Crippen molar-refractivity contribution in [2.45, 2.75) is 45.1 Å². The number of amides is 1. The van der Waals surface area contributed by atoms with Crippen molar-refractivity contribution in [3.05, 3.63) is 12.2 Å². The second-order valence-corrected chi connectivity index (χ2v) is 4.25. The summed E-state index contributed by atoms with van der Waals surface area (Å²) in [7, 11) is 0. The summed E-state index contributed by atoms with van der Waals surface area (Å²) in [6.45, 7) is 1.83. The van der Waals surface area contributed by atoms with E-state index in [0.717, 1.165) is 6.42 Å². The van der Waals surface area contributed by atoms with Crippen LogP contribution in [0.3, 0.4) is 0 Å². The van der Waals surface area contributed by atoms with Gasteiger partial charge in [0.05, 0.1) is 0 Å². The number of aliphatic carboxylic acids is 1. The first-order valence-electron chi connectivity index (χ1n) is 5.76. The molecule has 4 nitrogen and oxygen atoms in total. The van der Waals surface area contributed by atoms with E-state index in [1.54, 1.807) is 12.2 Å². The fourth-order valence-corrected chi connectivity index (χ4v) is 1.50. The Kier molecular flexibility index (Phi) is 5.02. The monoisotopic (exact) mass is 225 g/mol. The molecule has 0 aromatic carbocycles. The first-order valence-corrected chi connectivity index (χ1v) is 5.76. The molecule has 4 heteroatoms. The quantitative estimate of drug-likeness (QED) is 0.648. The van der Waals surface area contributed by atoms with Crippen LogP contribution in [0.1, 0.15) is 39.0 Å². The molecule has 90 valence electrons. The number of carboxylic acids is 1. The SMILES string of the molecule is C/C=C/CC(NC(=O)CCC1CC1)C(=O)O. The van der Waals surface area contributed by atoms with Crippen molar-refractivity contribution in [1.82, 2.24) is 5.32 Å². The fourth-order valence-electron chi connectivity index (χ4n) is 1.50. The number of hydrogen-bond donors (Lipinski definition) is 2. The molecule has 0 aromatic heterocycles. The molecule has 1 saturated carbocycles. The van der Waals surface area contributed by atoms with Crippen LogP contribution in [0.4, 0.5) is 0 Å². The molecular formula is C12H19NO3. The van der Waals surface area contributed by atoms with Crippen molar-refractivity contribution in [1.29, 1.82) is 0 Å². The topological polar surface area (TPSA) is 66.4 Å². The Bertz CT molecular complexity index is 282. The zero-order chi connectivity index (χ0) is 12.0. The Labute approximate surface area is 95.7 Å². The summed E-state index contributed by atoms with van der Waals surface area (Å²) in [5.41, 5.74) is 0. The highest BCUT2D eigenvalue weighted by atomic mass is 16.4. The van der Waals surface area contributed by atoms with Gasteiger partial charge >= 0.3 is 5.97 Å². The van der Waals surface area contributed by atoms with E-state index in [0.29, 0.717) is 18.8 Å². The Morgan fingerprint density at radius 1 is 1.50 bits per heavy atom. The van der Waals surface area contributed by atoms with Crippen LogP contribution in [0.25, 0.3) is 0 Å². The highest BCUT2D eigenvalue weighted by Crippen LogP contribution is 2.33. The number of carbonyl (C=O) groups is 2. The minimum atomic E-state index is -0.974. The summed E-state index contributed by atoms with van der Waals surface area (Å²) in [4.78, 5) is 22.3. The predicted molar refractivity (Wildman–Crippen MR) is 61.0 cm³/mol. The fraction of sp³-hybridized carbons (Fsp3) is 0.667. The average molecular weight is 225 g/mol. The average Bonchev–Trinajstić information content (AvgIpc) is 3.04. The van der Waals surface area contributed by atoms with Crippen molar-refractivity contribution < 1.29 is 14.7 Å². The summed E-state index contributed by atoms with van der Waals surface area (Å²) >= 11 is 0. The van der Waals surface area contributed by atoms with Gasteiger partial charge in [-0.05, 0) is 25.7 Å². The first kappa shape index (κ1) is 12.7. The molecule has 1 aliphatic rings. The minimum absolute atomic E-state index is 0.149. The van der Waals surface area contributed by atoms with Gasteiger partial charge in [-0.25, -0.2) is 4.79 Å². The zero-order valence-corrected chi connectivity index (χ0v) is 9.61. The van der Waals surface area contributed by atoms with E-state index in [-0.39, 0.29) is 5.91 Å². The van der Waals surface area contributed by atoms with E-state index in [4.69, 9.17) is 5.11 Å². The van der Waals surface area contributed by atoms with Crippen LogP contribution in [0.15, 0.2) is 12.2 Å². The molecule has 2 N–H and O–H groups in total. The van der Waals surface area contributed by atoms with Crippen molar-refractivity contribution in [2.24, 2.45) is 5.92 Å². The van der Waals surface area contributed by atoms with Gasteiger partial charge in [-0.1, -0.05) is 25.0 Å². The largest absolute Gasteiger partial charge is 0.480 e. The molecule has 0 spiro atoms. The van der Waals surface area contributed by atoms with E-state index >= 15 is 0 Å². The van der Waals surface area contributed by atoms with Crippen molar-refractivity contribution in [3.8, 4) is 0 Å². The maximum absolute atomic E-state index is 11.5. The molecule has 1 rings (SSSR count). The van der Waals surface area contributed by atoms with Crippen LogP contribution in [0, 0.1) is 5.92 Å². The molecule has 0 radical (unpaired) electrons. The summed E-state index contributed by atoms with van der Waals surface area (Å²) in [6.07, 6.45) is 7.65. The third-order valence-electron chi connectivity index (χ3n) is 2.72. The van der Waals surface area contributed by atoms with Crippen molar-refractivity contribution >= 4 is 11.9 Å².